The summed E-state index contributed by atoms with van der Waals surface area (Å²) >= 11 is 1.61. The predicted molar refractivity (Wildman–Crippen MR) is 78.0 cm³/mol. The number of carbonyl (C=O) groups excluding carboxylic acids is 1. The lowest BCUT2D eigenvalue weighted by molar-refractivity contribution is -0.121. The minimum absolute atomic E-state index is 0.0772. The molecule has 0 aliphatic heterocycles. The minimum atomic E-state index is 0.0772. The van der Waals surface area contributed by atoms with Gasteiger partial charge in [-0.25, -0.2) is 4.98 Å². The van der Waals surface area contributed by atoms with Gasteiger partial charge in [0.2, 0.25) is 5.91 Å². The highest BCUT2D eigenvalue weighted by atomic mass is 32.1. The van der Waals surface area contributed by atoms with Gasteiger partial charge in [-0.15, -0.1) is 11.3 Å². The van der Waals surface area contributed by atoms with Crippen LogP contribution in [0.25, 0.3) is 0 Å². The van der Waals surface area contributed by atoms with E-state index in [0.717, 1.165) is 29.1 Å². The first-order valence-corrected chi connectivity index (χ1v) is 7.11. The van der Waals surface area contributed by atoms with Crippen molar-refractivity contribution in [3.8, 4) is 0 Å². The average Bonchev–Trinajstić information content (AvgIpc) is 2.91. The zero-order valence-electron chi connectivity index (χ0n) is 10.6. The van der Waals surface area contributed by atoms with E-state index in [9.17, 15) is 4.79 Å². The number of carbonyl (C=O) groups is 1. The van der Waals surface area contributed by atoms with Gasteiger partial charge in [-0.05, 0) is 24.1 Å². The summed E-state index contributed by atoms with van der Waals surface area (Å²) in [4.78, 5) is 15.8. The summed E-state index contributed by atoms with van der Waals surface area (Å²) in [6.07, 6.45) is 3.82. The van der Waals surface area contributed by atoms with Crippen LogP contribution in [0, 0.1) is 0 Å². The van der Waals surface area contributed by atoms with Gasteiger partial charge in [0.1, 0.15) is 0 Å². The van der Waals surface area contributed by atoms with Gasteiger partial charge in [-0.1, -0.05) is 12.1 Å². The smallest absolute Gasteiger partial charge is 0.220 e. The van der Waals surface area contributed by atoms with Crippen molar-refractivity contribution in [2.75, 3.05) is 12.3 Å². The molecule has 100 valence electrons. The second-order valence-electron chi connectivity index (χ2n) is 4.27. The molecule has 2 aromatic rings. The molecule has 4 nitrogen and oxygen atoms in total. The highest BCUT2D eigenvalue weighted by Crippen LogP contribution is 2.07. The van der Waals surface area contributed by atoms with Crippen LogP contribution in [0.4, 0.5) is 5.69 Å². The molecule has 0 saturated carbocycles. The van der Waals surface area contributed by atoms with Crippen molar-refractivity contribution in [3.05, 3.63) is 46.4 Å². The van der Waals surface area contributed by atoms with Gasteiger partial charge >= 0.3 is 0 Å². The van der Waals surface area contributed by atoms with E-state index in [1.807, 2.05) is 29.6 Å². The Labute approximate surface area is 116 Å². The summed E-state index contributed by atoms with van der Waals surface area (Å²) in [5.41, 5.74) is 7.49. The van der Waals surface area contributed by atoms with Crippen molar-refractivity contribution < 1.29 is 4.79 Å². The van der Waals surface area contributed by atoms with Gasteiger partial charge in [0.05, 0.1) is 5.01 Å². The van der Waals surface area contributed by atoms with E-state index in [-0.39, 0.29) is 5.91 Å². The number of nitrogens with zero attached hydrogens (tertiary/aromatic N) is 1. The summed E-state index contributed by atoms with van der Waals surface area (Å²) in [6.45, 7) is 0.647. The minimum Gasteiger partial charge on any atom is -0.399 e. The van der Waals surface area contributed by atoms with Crippen molar-refractivity contribution in [1.82, 2.24) is 10.3 Å². The number of nitrogens with two attached hydrogens (primary N) is 1. The Bertz CT molecular complexity index is 508. The third kappa shape index (κ3) is 4.71. The molecule has 0 aliphatic rings. The Hall–Kier alpha value is -1.88. The Balaban J connectivity index is 1.65. The fourth-order valence-electron chi connectivity index (χ4n) is 1.72. The summed E-state index contributed by atoms with van der Waals surface area (Å²) in [7, 11) is 0. The van der Waals surface area contributed by atoms with E-state index in [1.54, 1.807) is 17.5 Å². The molecule has 19 heavy (non-hydrogen) atoms. The molecule has 0 atom stereocenters. The van der Waals surface area contributed by atoms with E-state index >= 15 is 0 Å². The number of hydrogen-bond donors (Lipinski definition) is 2. The van der Waals surface area contributed by atoms with E-state index in [1.165, 1.54) is 0 Å². The third-order valence-electron chi connectivity index (χ3n) is 2.76. The molecule has 1 heterocycles. The Kier molecular flexibility index (Phi) is 4.92. The topological polar surface area (TPSA) is 68.0 Å². The highest BCUT2D eigenvalue weighted by Gasteiger charge is 2.02. The lowest BCUT2D eigenvalue weighted by Gasteiger charge is -2.04. The molecule has 0 saturated heterocycles. The van der Waals surface area contributed by atoms with E-state index < -0.39 is 0 Å². The molecule has 2 rings (SSSR count). The fraction of sp³-hybridized carbons (Fsp3) is 0.286. The van der Waals surface area contributed by atoms with Crippen LogP contribution in [0.1, 0.15) is 17.0 Å². The SMILES string of the molecule is Nc1ccc(CCC(=O)NCCc2nccs2)cc1. The van der Waals surface area contributed by atoms with Crippen LogP contribution in [-0.4, -0.2) is 17.4 Å². The van der Waals surface area contributed by atoms with Crippen molar-refractivity contribution >= 4 is 22.9 Å². The van der Waals surface area contributed by atoms with Crippen molar-refractivity contribution in [2.45, 2.75) is 19.3 Å². The summed E-state index contributed by atoms with van der Waals surface area (Å²) in [6, 6.07) is 7.63. The van der Waals surface area contributed by atoms with Crippen LogP contribution in [0.2, 0.25) is 0 Å². The molecule has 5 heteroatoms. The average molecular weight is 275 g/mol. The maximum atomic E-state index is 11.7. The van der Waals surface area contributed by atoms with E-state index in [4.69, 9.17) is 5.73 Å². The van der Waals surface area contributed by atoms with Crippen LogP contribution >= 0.6 is 11.3 Å². The lowest BCUT2D eigenvalue weighted by atomic mass is 10.1. The van der Waals surface area contributed by atoms with Crippen LogP contribution < -0.4 is 11.1 Å². The number of thiazole rings is 1. The van der Waals surface area contributed by atoms with Gasteiger partial charge < -0.3 is 11.1 Å². The number of benzene rings is 1. The third-order valence-corrected chi connectivity index (χ3v) is 3.60. The van der Waals surface area contributed by atoms with Crippen molar-refractivity contribution in [1.29, 1.82) is 0 Å². The Morgan fingerprint density at radius 1 is 1.26 bits per heavy atom. The second kappa shape index (κ2) is 6.89. The van der Waals surface area contributed by atoms with Gasteiger partial charge in [0.25, 0.3) is 0 Å². The predicted octanol–water partition coefficient (Wildman–Crippen LogP) is 2.02. The molecule has 1 aromatic carbocycles. The number of aryl methyl sites for hydroxylation is 1. The molecule has 3 N–H and O–H groups in total. The number of rotatable bonds is 6. The van der Waals surface area contributed by atoms with E-state index in [0.29, 0.717) is 13.0 Å². The maximum Gasteiger partial charge on any atom is 0.220 e. The van der Waals surface area contributed by atoms with Gasteiger partial charge in [-0.3, -0.25) is 4.79 Å². The summed E-state index contributed by atoms with van der Waals surface area (Å²) in [5, 5.41) is 5.90. The number of nitrogen functional groups attached to an aromatic ring is 1. The summed E-state index contributed by atoms with van der Waals surface area (Å²) < 4.78 is 0. The standard InChI is InChI=1S/C14H17N3OS/c15-12-4-1-11(2-5-12)3-6-13(18)16-8-7-14-17-9-10-19-14/h1-2,4-5,9-10H,3,6-8,15H2,(H,16,18). The number of anilines is 1. The number of hydrogen-bond acceptors (Lipinski definition) is 4. The molecule has 0 spiro atoms. The normalized spacial score (nSPS) is 10.3. The van der Waals surface area contributed by atoms with Gasteiger partial charge in [-0.2, -0.15) is 0 Å². The molecule has 1 amide bonds. The van der Waals surface area contributed by atoms with E-state index in [2.05, 4.69) is 10.3 Å². The number of nitrogens with one attached hydrogen (secondary N) is 1. The Morgan fingerprint density at radius 2 is 2.05 bits per heavy atom. The molecule has 0 unspecified atom stereocenters. The van der Waals surface area contributed by atoms with Gasteiger partial charge in [0.15, 0.2) is 0 Å². The van der Waals surface area contributed by atoms with Crippen LogP contribution in [0.5, 0.6) is 0 Å². The number of amides is 1. The van der Waals surface area contributed by atoms with Crippen LogP contribution in [0.3, 0.4) is 0 Å². The van der Waals surface area contributed by atoms with Crippen molar-refractivity contribution in [3.63, 3.8) is 0 Å². The molecule has 0 aliphatic carbocycles. The fourth-order valence-corrected chi connectivity index (χ4v) is 2.34. The molecule has 0 fully saturated rings. The van der Waals surface area contributed by atoms with Crippen LogP contribution in [-0.2, 0) is 17.6 Å². The molecular formula is C14H17N3OS. The zero-order chi connectivity index (χ0) is 13.5. The molecule has 0 bridgehead atoms. The first kappa shape index (κ1) is 13.5. The Morgan fingerprint density at radius 3 is 2.74 bits per heavy atom. The maximum absolute atomic E-state index is 11.7. The molecule has 0 radical (unpaired) electrons. The number of aromatic nitrogens is 1. The zero-order valence-corrected chi connectivity index (χ0v) is 11.5. The second-order valence-corrected chi connectivity index (χ2v) is 5.25. The quantitative estimate of drug-likeness (QED) is 0.792. The molecule has 1 aromatic heterocycles. The lowest BCUT2D eigenvalue weighted by Crippen LogP contribution is -2.25. The van der Waals surface area contributed by atoms with Crippen molar-refractivity contribution in [2.24, 2.45) is 0 Å². The van der Waals surface area contributed by atoms with Gasteiger partial charge in [0, 0.05) is 36.7 Å². The molecular weight excluding hydrogens is 258 g/mol. The highest BCUT2D eigenvalue weighted by molar-refractivity contribution is 7.09. The first-order chi connectivity index (χ1) is 9.24. The largest absolute Gasteiger partial charge is 0.399 e. The van der Waals surface area contributed by atoms with Crippen LogP contribution in [0.15, 0.2) is 35.8 Å². The first-order valence-electron chi connectivity index (χ1n) is 6.23. The monoisotopic (exact) mass is 275 g/mol. The summed E-state index contributed by atoms with van der Waals surface area (Å²) in [5.74, 6) is 0.0772.